The summed E-state index contributed by atoms with van der Waals surface area (Å²) < 4.78 is 14.6. The van der Waals surface area contributed by atoms with Crippen molar-refractivity contribution in [2.24, 2.45) is 5.73 Å². The number of hydrogen-bond acceptors (Lipinski definition) is 4. The lowest BCUT2D eigenvalue weighted by atomic mass is 10.1. The molecule has 0 spiro atoms. The van der Waals surface area contributed by atoms with Crippen LogP contribution in [0.25, 0.3) is 11.3 Å². The summed E-state index contributed by atoms with van der Waals surface area (Å²) in [5.41, 5.74) is 6.55. The van der Waals surface area contributed by atoms with Gasteiger partial charge in [0.2, 0.25) is 0 Å². The Morgan fingerprint density at radius 1 is 1.30 bits per heavy atom. The number of likely N-dealkylation sites (N-methyl/N-ethyl adjacent to an activating group) is 1. The lowest BCUT2D eigenvalue weighted by Crippen LogP contribution is -2.35. The van der Waals surface area contributed by atoms with Gasteiger partial charge < -0.3 is 10.6 Å². The normalized spacial score (nSPS) is 12.2. The molecule has 0 saturated carbocycles. The number of anilines is 1. The number of hydrogen-bond donors (Lipinski definition) is 1. The topological polar surface area (TPSA) is 55.0 Å². The molecule has 6 heteroatoms. The third-order valence-corrected chi connectivity index (χ3v) is 3.71. The predicted octanol–water partition coefficient (Wildman–Crippen LogP) is 2.83. The second-order valence-corrected chi connectivity index (χ2v) is 5.51. The zero-order valence-corrected chi connectivity index (χ0v) is 12.9. The highest BCUT2D eigenvalue weighted by atomic mass is 79.9. The van der Waals surface area contributed by atoms with E-state index in [0.29, 0.717) is 23.6 Å². The fraction of sp³-hybridized carbons (Fsp3) is 0.286. The van der Waals surface area contributed by atoms with Gasteiger partial charge in [0.05, 0.1) is 5.69 Å². The molecule has 0 bridgehead atoms. The zero-order chi connectivity index (χ0) is 14.7. The predicted molar refractivity (Wildman–Crippen MR) is 82.0 cm³/mol. The molecule has 2 rings (SSSR count). The quantitative estimate of drug-likeness (QED) is 0.931. The van der Waals surface area contributed by atoms with Gasteiger partial charge in [0.15, 0.2) is 5.82 Å². The number of rotatable bonds is 4. The molecule has 2 aromatic rings. The zero-order valence-electron chi connectivity index (χ0n) is 11.3. The van der Waals surface area contributed by atoms with Gasteiger partial charge in [-0.25, -0.2) is 4.39 Å². The van der Waals surface area contributed by atoms with Crippen molar-refractivity contribution in [2.75, 3.05) is 18.5 Å². The first-order valence-electron chi connectivity index (χ1n) is 6.25. The van der Waals surface area contributed by atoms with Crippen LogP contribution in [0.2, 0.25) is 0 Å². The second-order valence-electron chi connectivity index (χ2n) is 4.60. The molecule has 1 atom stereocenters. The van der Waals surface area contributed by atoms with Crippen molar-refractivity contribution >= 4 is 21.7 Å². The number of halogens is 2. The first-order chi connectivity index (χ1) is 9.52. The summed E-state index contributed by atoms with van der Waals surface area (Å²) >= 11 is 3.32. The van der Waals surface area contributed by atoms with E-state index in [0.717, 1.165) is 4.47 Å². The number of benzene rings is 1. The third-order valence-electron chi connectivity index (χ3n) is 3.22. The largest absolute Gasteiger partial charge is 0.354 e. The Labute approximate surface area is 125 Å². The average molecular weight is 339 g/mol. The van der Waals surface area contributed by atoms with Crippen LogP contribution >= 0.6 is 15.9 Å². The van der Waals surface area contributed by atoms with Crippen LogP contribution in [0.1, 0.15) is 6.92 Å². The summed E-state index contributed by atoms with van der Waals surface area (Å²) in [6, 6.07) is 8.47. The molecule has 1 heterocycles. The van der Waals surface area contributed by atoms with Crippen molar-refractivity contribution in [1.82, 2.24) is 10.2 Å². The molecule has 20 heavy (non-hydrogen) atoms. The van der Waals surface area contributed by atoms with Gasteiger partial charge in [-0.1, -0.05) is 15.9 Å². The summed E-state index contributed by atoms with van der Waals surface area (Å²) in [6.07, 6.45) is 0. The van der Waals surface area contributed by atoms with Crippen LogP contribution in [0, 0.1) is 5.82 Å². The summed E-state index contributed by atoms with van der Waals surface area (Å²) in [5.74, 6) is 0.390. The van der Waals surface area contributed by atoms with Gasteiger partial charge in [-0.15, -0.1) is 10.2 Å². The standard InChI is InChI=1S/C14H16BrFN4/c1-9(8-17)20(2)14-6-5-13(18-19-14)11-7-10(15)3-4-12(11)16/h3-7,9H,8,17H2,1-2H3. The van der Waals surface area contributed by atoms with Gasteiger partial charge in [0.25, 0.3) is 0 Å². The lowest BCUT2D eigenvalue weighted by Gasteiger charge is -2.24. The minimum Gasteiger partial charge on any atom is -0.354 e. The van der Waals surface area contributed by atoms with Crippen molar-refractivity contribution in [3.63, 3.8) is 0 Å². The number of nitrogens with zero attached hydrogens (tertiary/aromatic N) is 3. The highest BCUT2D eigenvalue weighted by Crippen LogP contribution is 2.25. The van der Waals surface area contributed by atoms with Crippen molar-refractivity contribution in [2.45, 2.75) is 13.0 Å². The average Bonchev–Trinajstić information content (AvgIpc) is 2.48. The highest BCUT2D eigenvalue weighted by molar-refractivity contribution is 9.10. The second kappa shape index (κ2) is 6.28. The fourth-order valence-corrected chi connectivity index (χ4v) is 2.10. The van der Waals surface area contributed by atoms with Gasteiger partial charge in [-0.2, -0.15) is 0 Å². The minimum atomic E-state index is -0.320. The van der Waals surface area contributed by atoms with Crippen LogP contribution in [-0.4, -0.2) is 29.8 Å². The van der Waals surface area contributed by atoms with Crippen LogP contribution in [0.4, 0.5) is 10.2 Å². The van der Waals surface area contributed by atoms with Crippen molar-refractivity contribution in [3.8, 4) is 11.3 Å². The maximum Gasteiger partial charge on any atom is 0.151 e. The van der Waals surface area contributed by atoms with E-state index < -0.39 is 0 Å². The van der Waals surface area contributed by atoms with Crippen LogP contribution in [0.5, 0.6) is 0 Å². The first-order valence-corrected chi connectivity index (χ1v) is 7.04. The van der Waals surface area contributed by atoms with E-state index in [-0.39, 0.29) is 11.9 Å². The highest BCUT2D eigenvalue weighted by Gasteiger charge is 2.12. The number of aromatic nitrogens is 2. The summed E-state index contributed by atoms with van der Waals surface area (Å²) in [7, 11) is 1.90. The molecule has 2 N–H and O–H groups in total. The van der Waals surface area contributed by atoms with Gasteiger partial charge in [-0.3, -0.25) is 0 Å². The van der Waals surface area contributed by atoms with Crippen LogP contribution in [0.15, 0.2) is 34.8 Å². The van der Waals surface area contributed by atoms with Crippen LogP contribution in [-0.2, 0) is 0 Å². The molecule has 106 valence electrons. The molecule has 1 unspecified atom stereocenters. The molecule has 4 nitrogen and oxygen atoms in total. The van der Waals surface area contributed by atoms with E-state index in [1.807, 2.05) is 24.9 Å². The van der Waals surface area contributed by atoms with Crippen molar-refractivity contribution < 1.29 is 4.39 Å². The Morgan fingerprint density at radius 3 is 2.65 bits per heavy atom. The van der Waals surface area contributed by atoms with Crippen molar-refractivity contribution in [1.29, 1.82) is 0 Å². The first kappa shape index (κ1) is 14.9. The van der Waals surface area contributed by atoms with E-state index in [9.17, 15) is 4.39 Å². The SMILES string of the molecule is CC(CN)N(C)c1ccc(-c2cc(Br)ccc2F)nn1. The smallest absolute Gasteiger partial charge is 0.151 e. The molecule has 0 saturated heterocycles. The maximum atomic E-state index is 13.8. The summed E-state index contributed by atoms with van der Waals surface area (Å²) in [6.45, 7) is 2.53. The van der Waals surface area contributed by atoms with Crippen LogP contribution in [0.3, 0.4) is 0 Å². The van der Waals surface area contributed by atoms with E-state index in [4.69, 9.17) is 5.73 Å². The van der Waals surface area contributed by atoms with Crippen LogP contribution < -0.4 is 10.6 Å². The molecule has 0 aliphatic rings. The molecule has 0 aliphatic carbocycles. The molecular formula is C14H16BrFN4. The maximum absolute atomic E-state index is 13.8. The third kappa shape index (κ3) is 3.13. The van der Waals surface area contributed by atoms with E-state index in [2.05, 4.69) is 26.1 Å². The van der Waals surface area contributed by atoms with Gasteiger partial charge in [0, 0.05) is 29.7 Å². The molecule has 0 fully saturated rings. The fourth-order valence-electron chi connectivity index (χ4n) is 1.73. The van der Waals surface area contributed by atoms with Gasteiger partial charge in [-0.05, 0) is 37.3 Å². The molecule has 0 amide bonds. The molecular weight excluding hydrogens is 323 g/mol. The van der Waals surface area contributed by atoms with E-state index in [1.165, 1.54) is 6.07 Å². The van der Waals surface area contributed by atoms with Gasteiger partial charge in [0.1, 0.15) is 5.82 Å². The van der Waals surface area contributed by atoms with Gasteiger partial charge >= 0.3 is 0 Å². The Morgan fingerprint density at radius 2 is 2.05 bits per heavy atom. The molecule has 0 radical (unpaired) electrons. The molecule has 0 aliphatic heterocycles. The van der Waals surface area contributed by atoms with E-state index >= 15 is 0 Å². The Bertz CT molecular complexity index is 588. The Kier molecular flexibility index (Phi) is 4.67. The molecule has 1 aromatic carbocycles. The molecule has 1 aromatic heterocycles. The summed E-state index contributed by atoms with van der Waals surface area (Å²) in [4.78, 5) is 1.94. The lowest BCUT2D eigenvalue weighted by molar-refractivity contribution is 0.630. The van der Waals surface area contributed by atoms with Crippen molar-refractivity contribution in [3.05, 3.63) is 40.6 Å². The Hall–Kier alpha value is -1.53. The van der Waals surface area contributed by atoms with E-state index in [1.54, 1.807) is 18.2 Å². The Balaban J connectivity index is 2.30. The minimum absolute atomic E-state index is 0.165. The monoisotopic (exact) mass is 338 g/mol. The number of nitrogens with two attached hydrogens (primary N) is 1. The summed E-state index contributed by atoms with van der Waals surface area (Å²) in [5, 5.41) is 8.23.